The number of benzene rings is 2. The number of H-pyrrole nitrogens is 1. The molecule has 1 atom stereocenters. The SMILES string of the molecule is Cc1nn(CC(=O)N2CCC[C@H]2c2nc3ccccc3[nH]2)c(=O)c2ccccc12. The molecule has 5 rings (SSSR count). The number of para-hydroxylation sites is 2. The van der Waals surface area contributed by atoms with Crippen LogP contribution in [0.4, 0.5) is 0 Å². The van der Waals surface area contributed by atoms with E-state index in [2.05, 4.69) is 15.1 Å². The van der Waals surface area contributed by atoms with Gasteiger partial charge in [-0.25, -0.2) is 9.67 Å². The van der Waals surface area contributed by atoms with E-state index in [9.17, 15) is 9.59 Å². The quantitative estimate of drug-likeness (QED) is 0.586. The summed E-state index contributed by atoms with van der Waals surface area (Å²) in [6, 6.07) is 15.1. The number of likely N-dealkylation sites (tertiary alicyclic amines) is 1. The van der Waals surface area contributed by atoms with Crippen LogP contribution in [0.15, 0.2) is 53.3 Å². The van der Waals surface area contributed by atoms with Crippen molar-refractivity contribution in [3.8, 4) is 0 Å². The molecule has 0 spiro atoms. The standard InChI is InChI=1S/C22H21N5O2/c1-14-15-7-2-3-8-16(15)22(29)27(25-14)13-20(28)26-12-6-11-19(26)21-23-17-9-4-5-10-18(17)24-21/h2-5,7-10,19H,6,11-13H2,1H3,(H,23,24)/t19-/m0/s1. The zero-order valence-electron chi connectivity index (χ0n) is 16.1. The van der Waals surface area contributed by atoms with Crippen molar-refractivity contribution in [3.05, 3.63) is 70.4 Å². The number of nitrogens with one attached hydrogen (secondary N) is 1. The molecular formula is C22H21N5O2. The molecule has 7 heteroatoms. The first kappa shape index (κ1) is 17.6. The first-order chi connectivity index (χ1) is 14.1. The maximum atomic E-state index is 13.1. The predicted octanol–water partition coefficient (Wildman–Crippen LogP) is 2.94. The normalized spacial score (nSPS) is 16.7. The Morgan fingerprint density at radius 2 is 1.90 bits per heavy atom. The molecule has 1 amide bonds. The van der Waals surface area contributed by atoms with Gasteiger partial charge in [0.15, 0.2) is 0 Å². The van der Waals surface area contributed by atoms with Gasteiger partial charge in [0.25, 0.3) is 5.56 Å². The fourth-order valence-corrected chi connectivity index (χ4v) is 4.21. The maximum Gasteiger partial charge on any atom is 0.275 e. The van der Waals surface area contributed by atoms with Gasteiger partial charge in [-0.3, -0.25) is 9.59 Å². The van der Waals surface area contributed by atoms with E-state index in [-0.39, 0.29) is 24.1 Å². The van der Waals surface area contributed by atoms with Gasteiger partial charge in [0.05, 0.1) is 28.2 Å². The van der Waals surface area contributed by atoms with E-state index >= 15 is 0 Å². The summed E-state index contributed by atoms with van der Waals surface area (Å²) in [6.07, 6.45) is 1.76. The summed E-state index contributed by atoms with van der Waals surface area (Å²) in [5, 5.41) is 5.79. The van der Waals surface area contributed by atoms with Crippen LogP contribution in [0.25, 0.3) is 21.8 Å². The van der Waals surface area contributed by atoms with Gasteiger partial charge in [-0.2, -0.15) is 5.10 Å². The minimum Gasteiger partial charge on any atom is -0.340 e. The molecule has 0 unspecified atom stereocenters. The van der Waals surface area contributed by atoms with E-state index in [1.54, 1.807) is 6.07 Å². The molecule has 0 radical (unpaired) electrons. The lowest BCUT2D eigenvalue weighted by Crippen LogP contribution is -2.37. The average molecular weight is 387 g/mol. The van der Waals surface area contributed by atoms with Gasteiger partial charge in [0.2, 0.25) is 5.91 Å². The third-order valence-corrected chi connectivity index (χ3v) is 5.63. The molecule has 146 valence electrons. The molecule has 1 aliphatic rings. The summed E-state index contributed by atoms with van der Waals surface area (Å²) < 4.78 is 1.29. The monoisotopic (exact) mass is 387 g/mol. The van der Waals surface area contributed by atoms with Crippen molar-refractivity contribution < 1.29 is 4.79 Å². The van der Waals surface area contributed by atoms with Crippen LogP contribution in [0.5, 0.6) is 0 Å². The van der Waals surface area contributed by atoms with Crippen molar-refractivity contribution in [2.24, 2.45) is 0 Å². The highest BCUT2D eigenvalue weighted by molar-refractivity contribution is 5.84. The Kier molecular flexibility index (Phi) is 4.16. The Morgan fingerprint density at radius 1 is 1.14 bits per heavy atom. The third-order valence-electron chi connectivity index (χ3n) is 5.63. The van der Waals surface area contributed by atoms with Gasteiger partial charge in [0.1, 0.15) is 12.4 Å². The lowest BCUT2D eigenvalue weighted by Gasteiger charge is -2.23. The topological polar surface area (TPSA) is 83.9 Å². The van der Waals surface area contributed by atoms with Gasteiger partial charge in [-0.05, 0) is 38.0 Å². The predicted molar refractivity (Wildman–Crippen MR) is 111 cm³/mol. The van der Waals surface area contributed by atoms with Crippen LogP contribution < -0.4 is 5.56 Å². The highest BCUT2D eigenvalue weighted by Crippen LogP contribution is 2.31. The Hall–Kier alpha value is -3.48. The fourth-order valence-electron chi connectivity index (χ4n) is 4.21. The molecule has 1 saturated heterocycles. The molecule has 2 aromatic heterocycles. The van der Waals surface area contributed by atoms with Crippen molar-refractivity contribution >= 4 is 27.7 Å². The van der Waals surface area contributed by atoms with Crippen LogP contribution in [0.2, 0.25) is 0 Å². The Balaban J connectivity index is 1.45. The zero-order chi connectivity index (χ0) is 20.0. The van der Waals surface area contributed by atoms with Crippen LogP contribution >= 0.6 is 0 Å². The second kappa shape index (κ2) is 6.84. The first-order valence-corrected chi connectivity index (χ1v) is 9.82. The number of nitrogens with zero attached hydrogens (tertiary/aromatic N) is 4. The van der Waals surface area contributed by atoms with Gasteiger partial charge in [-0.1, -0.05) is 30.3 Å². The van der Waals surface area contributed by atoms with Gasteiger partial charge < -0.3 is 9.88 Å². The summed E-state index contributed by atoms with van der Waals surface area (Å²) in [4.78, 5) is 35.7. The smallest absolute Gasteiger partial charge is 0.275 e. The molecule has 4 aromatic rings. The second-order valence-electron chi connectivity index (χ2n) is 7.48. The van der Waals surface area contributed by atoms with Crippen LogP contribution in [0.3, 0.4) is 0 Å². The number of hydrogen-bond acceptors (Lipinski definition) is 4. The average Bonchev–Trinajstić information content (AvgIpc) is 3.38. The molecule has 7 nitrogen and oxygen atoms in total. The molecule has 29 heavy (non-hydrogen) atoms. The summed E-state index contributed by atoms with van der Waals surface area (Å²) >= 11 is 0. The highest BCUT2D eigenvalue weighted by Gasteiger charge is 2.32. The number of amides is 1. The minimum atomic E-state index is -0.237. The number of carbonyl (C=O) groups is 1. The Morgan fingerprint density at radius 3 is 2.72 bits per heavy atom. The number of aryl methyl sites for hydroxylation is 1. The van der Waals surface area contributed by atoms with Crippen LogP contribution in [0, 0.1) is 6.92 Å². The molecule has 0 saturated carbocycles. The summed E-state index contributed by atoms with van der Waals surface area (Å²) in [5.74, 6) is 0.685. The number of fused-ring (bicyclic) bond motifs is 2. The molecule has 1 N–H and O–H groups in total. The van der Waals surface area contributed by atoms with Crippen molar-refractivity contribution in [1.29, 1.82) is 0 Å². The Labute approximate surface area is 167 Å². The lowest BCUT2D eigenvalue weighted by atomic mass is 10.1. The van der Waals surface area contributed by atoms with Gasteiger partial charge in [0, 0.05) is 11.9 Å². The van der Waals surface area contributed by atoms with Crippen molar-refractivity contribution in [3.63, 3.8) is 0 Å². The largest absolute Gasteiger partial charge is 0.340 e. The fraction of sp³-hybridized carbons (Fsp3) is 0.273. The van der Waals surface area contributed by atoms with E-state index in [1.165, 1.54) is 4.68 Å². The van der Waals surface area contributed by atoms with Crippen molar-refractivity contribution in [1.82, 2.24) is 24.6 Å². The zero-order valence-corrected chi connectivity index (χ0v) is 16.1. The molecule has 0 bridgehead atoms. The molecule has 1 fully saturated rings. The Bertz CT molecular complexity index is 1260. The number of imidazole rings is 1. The third kappa shape index (κ3) is 2.99. The molecular weight excluding hydrogens is 366 g/mol. The second-order valence-corrected chi connectivity index (χ2v) is 7.48. The maximum absolute atomic E-state index is 13.1. The number of hydrogen-bond donors (Lipinski definition) is 1. The summed E-state index contributed by atoms with van der Waals surface area (Å²) in [7, 11) is 0. The number of aromatic amines is 1. The van der Waals surface area contributed by atoms with Gasteiger partial charge in [-0.15, -0.1) is 0 Å². The number of aromatic nitrogens is 4. The summed E-state index contributed by atoms with van der Waals surface area (Å²) in [6.45, 7) is 2.44. The lowest BCUT2D eigenvalue weighted by molar-refractivity contribution is -0.133. The van der Waals surface area contributed by atoms with E-state index in [1.807, 2.05) is 54.3 Å². The van der Waals surface area contributed by atoms with E-state index in [4.69, 9.17) is 0 Å². The van der Waals surface area contributed by atoms with Crippen LogP contribution in [-0.2, 0) is 11.3 Å². The van der Waals surface area contributed by atoms with Crippen molar-refractivity contribution in [2.75, 3.05) is 6.54 Å². The van der Waals surface area contributed by atoms with Gasteiger partial charge >= 0.3 is 0 Å². The highest BCUT2D eigenvalue weighted by atomic mass is 16.2. The van der Waals surface area contributed by atoms with E-state index in [0.29, 0.717) is 11.9 Å². The molecule has 1 aliphatic heterocycles. The first-order valence-electron chi connectivity index (χ1n) is 9.82. The summed E-state index contributed by atoms with van der Waals surface area (Å²) in [5.41, 5.74) is 2.36. The number of rotatable bonds is 3. The molecule has 3 heterocycles. The van der Waals surface area contributed by atoms with E-state index < -0.39 is 0 Å². The van der Waals surface area contributed by atoms with E-state index in [0.717, 1.165) is 40.8 Å². The molecule has 2 aromatic carbocycles. The molecule has 0 aliphatic carbocycles. The number of carbonyl (C=O) groups excluding carboxylic acids is 1. The van der Waals surface area contributed by atoms with Crippen molar-refractivity contribution in [2.45, 2.75) is 32.4 Å². The van der Waals surface area contributed by atoms with Crippen LogP contribution in [-0.4, -0.2) is 37.1 Å². The van der Waals surface area contributed by atoms with Crippen LogP contribution in [0.1, 0.15) is 30.4 Å². The minimum absolute atomic E-state index is 0.0682.